The van der Waals surface area contributed by atoms with E-state index in [4.69, 9.17) is 9.84 Å². The zero-order valence-corrected chi connectivity index (χ0v) is 5.05. The van der Waals surface area contributed by atoms with Crippen LogP contribution in [-0.4, -0.2) is 23.8 Å². The summed E-state index contributed by atoms with van der Waals surface area (Å²) in [6.07, 6.45) is -0.667. The molecule has 48 valence electrons. The summed E-state index contributed by atoms with van der Waals surface area (Å²) in [5, 5.41) is 8.19. The van der Waals surface area contributed by atoms with E-state index in [9.17, 15) is 4.79 Å². The third-order valence-electron chi connectivity index (χ3n) is 0.764. The van der Waals surface area contributed by atoms with E-state index in [0.29, 0.717) is 6.61 Å². The zero-order valence-electron chi connectivity index (χ0n) is 5.05. The number of carboxylic acid groups (broad SMARTS) is 1. The number of hydrogen-bond acceptors (Lipinski definition) is 2. The first kappa shape index (κ1) is 7.43. The monoisotopic (exact) mass is 118 g/mol. The second-order valence-electron chi connectivity index (χ2n) is 1.44. The predicted octanol–water partition coefficient (Wildman–Crippen LogP) is 0.496. The number of carbonyl (C=O) groups is 1. The average Bonchev–Trinajstić information content (AvgIpc) is 1.67. The highest BCUT2D eigenvalue weighted by atomic mass is 16.5. The van der Waals surface area contributed by atoms with Crippen LogP contribution in [0.5, 0.6) is 0 Å². The lowest BCUT2D eigenvalue weighted by atomic mass is 10.4. The fourth-order valence-electron chi connectivity index (χ4n) is 0.321. The van der Waals surface area contributed by atoms with E-state index in [0.717, 1.165) is 0 Å². The third-order valence-corrected chi connectivity index (χ3v) is 0.764. The van der Waals surface area contributed by atoms with Gasteiger partial charge in [-0.15, -0.1) is 0 Å². The SMILES string of the molecule is CCOC(C)C(=O)O. The molecule has 0 amide bonds. The van der Waals surface area contributed by atoms with Crippen molar-refractivity contribution in [2.45, 2.75) is 20.0 Å². The van der Waals surface area contributed by atoms with Gasteiger partial charge in [0.25, 0.3) is 0 Å². The second kappa shape index (κ2) is 3.43. The second-order valence-corrected chi connectivity index (χ2v) is 1.44. The number of rotatable bonds is 3. The standard InChI is InChI=1S/C5H10O3/c1-3-8-4(2)5(6)7/h4H,3H2,1-2H3,(H,6,7). The Bertz CT molecular complexity index is 79.7. The lowest BCUT2D eigenvalue weighted by molar-refractivity contribution is -0.148. The molecule has 0 heterocycles. The molecule has 3 heteroatoms. The van der Waals surface area contributed by atoms with E-state index in [1.54, 1.807) is 6.92 Å². The Hall–Kier alpha value is -0.570. The molecule has 0 aliphatic carbocycles. The predicted molar refractivity (Wildman–Crippen MR) is 28.7 cm³/mol. The number of aliphatic carboxylic acids is 1. The normalized spacial score (nSPS) is 13.2. The molecule has 8 heavy (non-hydrogen) atoms. The van der Waals surface area contributed by atoms with Gasteiger partial charge in [0.2, 0.25) is 0 Å². The van der Waals surface area contributed by atoms with Gasteiger partial charge in [0.05, 0.1) is 0 Å². The molecule has 0 radical (unpaired) electrons. The molecule has 0 bridgehead atoms. The van der Waals surface area contributed by atoms with Gasteiger partial charge in [-0.2, -0.15) is 0 Å². The molecule has 1 unspecified atom stereocenters. The third kappa shape index (κ3) is 2.58. The first-order valence-corrected chi connectivity index (χ1v) is 2.53. The summed E-state index contributed by atoms with van der Waals surface area (Å²) in [4.78, 5) is 9.96. The van der Waals surface area contributed by atoms with Crippen molar-refractivity contribution in [3.05, 3.63) is 0 Å². The fraction of sp³-hybridized carbons (Fsp3) is 0.800. The molecule has 0 aromatic heterocycles. The van der Waals surface area contributed by atoms with Crippen LogP contribution in [0.15, 0.2) is 0 Å². The Labute approximate surface area is 48.3 Å². The molecule has 0 saturated heterocycles. The minimum atomic E-state index is -0.910. The fourth-order valence-corrected chi connectivity index (χ4v) is 0.321. The Balaban J connectivity index is 3.32. The van der Waals surface area contributed by atoms with Crippen LogP contribution in [0.2, 0.25) is 0 Å². The number of hydrogen-bond donors (Lipinski definition) is 1. The largest absolute Gasteiger partial charge is 0.479 e. The molecule has 3 nitrogen and oxygen atoms in total. The average molecular weight is 118 g/mol. The minimum Gasteiger partial charge on any atom is -0.479 e. The van der Waals surface area contributed by atoms with Crippen molar-refractivity contribution in [1.29, 1.82) is 0 Å². The van der Waals surface area contributed by atoms with E-state index < -0.39 is 12.1 Å². The molecule has 1 atom stereocenters. The van der Waals surface area contributed by atoms with E-state index in [2.05, 4.69) is 0 Å². The van der Waals surface area contributed by atoms with Gasteiger partial charge in [-0.3, -0.25) is 0 Å². The van der Waals surface area contributed by atoms with E-state index in [-0.39, 0.29) is 0 Å². The van der Waals surface area contributed by atoms with Crippen LogP contribution in [0.1, 0.15) is 13.8 Å². The summed E-state index contributed by atoms with van der Waals surface area (Å²) in [7, 11) is 0. The van der Waals surface area contributed by atoms with Crippen molar-refractivity contribution in [1.82, 2.24) is 0 Å². The van der Waals surface area contributed by atoms with Gasteiger partial charge in [0, 0.05) is 6.61 Å². The lowest BCUT2D eigenvalue weighted by Crippen LogP contribution is -2.19. The van der Waals surface area contributed by atoms with Crippen molar-refractivity contribution < 1.29 is 14.6 Å². The Kier molecular flexibility index (Phi) is 3.19. The maximum absolute atomic E-state index is 9.96. The quantitative estimate of drug-likeness (QED) is 0.586. The lowest BCUT2D eigenvalue weighted by Gasteiger charge is -2.03. The maximum atomic E-state index is 9.96. The zero-order chi connectivity index (χ0) is 6.57. The highest BCUT2D eigenvalue weighted by molar-refractivity contribution is 5.71. The molecular formula is C5H10O3. The van der Waals surface area contributed by atoms with Crippen molar-refractivity contribution in [3.8, 4) is 0 Å². The van der Waals surface area contributed by atoms with Crippen molar-refractivity contribution in [3.63, 3.8) is 0 Å². The summed E-state index contributed by atoms with van der Waals surface area (Å²) < 4.78 is 4.70. The summed E-state index contributed by atoms with van der Waals surface area (Å²) >= 11 is 0. The van der Waals surface area contributed by atoms with Gasteiger partial charge in [0.15, 0.2) is 6.10 Å². The van der Waals surface area contributed by atoms with Gasteiger partial charge < -0.3 is 9.84 Å². The van der Waals surface area contributed by atoms with E-state index in [1.807, 2.05) is 0 Å². The first-order valence-electron chi connectivity index (χ1n) is 2.53. The van der Waals surface area contributed by atoms with Crippen molar-refractivity contribution in [2.75, 3.05) is 6.61 Å². The van der Waals surface area contributed by atoms with Gasteiger partial charge in [-0.25, -0.2) is 4.79 Å². The molecule has 0 aliphatic heterocycles. The Morgan fingerprint density at radius 2 is 2.38 bits per heavy atom. The molecule has 0 aromatic rings. The smallest absolute Gasteiger partial charge is 0.332 e. The summed E-state index contributed by atoms with van der Waals surface area (Å²) in [5.74, 6) is -0.910. The maximum Gasteiger partial charge on any atom is 0.332 e. The van der Waals surface area contributed by atoms with Crippen LogP contribution in [0, 0.1) is 0 Å². The molecule has 0 rings (SSSR count). The molecule has 0 aromatic carbocycles. The van der Waals surface area contributed by atoms with Gasteiger partial charge in [-0.1, -0.05) is 0 Å². The molecule has 0 spiro atoms. The van der Waals surface area contributed by atoms with Crippen LogP contribution < -0.4 is 0 Å². The van der Waals surface area contributed by atoms with E-state index >= 15 is 0 Å². The molecular weight excluding hydrogens is 108 g/mol. The molecule has 1 N–H and O–H groups in total. The van der Waals surface area contributed by atoms with Gasteiger partial charge in [-0.05, 0) is 13.8 Å². The topological polar surface area (TPSA) is 46.5 Å². The number of ether oxygens (including phenoxy) is 1. The van der Waals surface area contributed by atoms with Crippen LogP contribution in [0.4, 0.5) is 0 Å². The van der Waals surface area contributed by atoms with Crippen molar-refractivity contribution >= 4 is 5.97 Å². The molecule has 0 fully saturated rings. The molecule has 0 aliphatic rings. The van der Waals surface area contributed by atoms with Crippen LogP contribution >= 0.6 is 0 Å². The van der Waals surface area contributed by atoms with E-state index in [1.165, 1.54) is 6.92 Å². The van der Waals surface area contributed by atoms with Crippen LogP contribution in [0.25, 0.3) is 0 Å². The highest BCUT2D eigenvalue weighted by Crippen LogP contribution is 1.87. The first-order chi connectivity index (χ1) is 3.68. The Morgan fingerprint density at radius 3 is 2.50 bits per heavy atom. The van der Waals surface area contributed by atoms with Crippen molar-refractivity contribution in [2.24, 2.45) is 0 Å². The summed E-state index contributed by atoms with van der Waals surface area (Å²) in [5.41, 5.74) is 0. The molecule has 0 saturated carbocycles. The summed E-state index contributed by atoms with van der Waals surface area (Å²) in [6, 6.07) is 0. The minimum absolute atomic E-state index is 0.452. The number of carboxylic acids is 1. The van der Waals surface area contributed by atoms with Gasteiger partial charge in [0.1, 0.15) is 0 Å². The highest BCUT2D eigenvalue weighted by Gasteiger charge is 2.07. The van der Waals surface area contributed by atoms with Crippen LogP contribution in [0.3, 0.4) is 0 Å². The Morgan fingerprint density at radius 1 is 1.88 bits per heavy atom. The van der Waals surface area contributed by atoms with Crippen LogP contribution in [-0.2, 0) is 9.53 Å². The van der Waals surface area contributed by atoms with Gasteiger partial charge >= 0.3 is 5.97 Å². The summed E-state index contributed by atoms with van der Waals surface area (Å²) in [6.45, 7) is 3.72.